The Morgan fingerprint density at radius 1 is 1.19 bits per heavy atom. The van der Waals surface area contributed by atoms with Crippen LogP contribution >= 0.6 is 0 Å². The topological polar surface area (TPSA) is 82.5 Å². The van der Waals surface area contributed by atoms with Crippen LogP contribution in [0, 0.1) is 0 Å². The molecule has 1 aromatic heterocycles. The van der Waals surface area contributed by atoms with Crippen LogP contribution in [-0.4, -0.2) is 77.2 Å². The van der Waals surface area contributed by atoms with E-state index in [4.69, 9.17) is 0 Å². The van der Waals surface area contributed by atoms with E-state index < -0.39 is 0 Å². The molecule has 1 saturated carbocycles. The van der Waals surface area contributed by atoms with Gasteiger partial charge in [-0.2, -0.15) is 5.10 Å². The van der Waals surface area contributed by atoms with Crippen molar-refractivity contribution in [3.8, 4) is 0 Å². The molecule has 0 bridgehead atoms. The Morgan fingerprint density at radius 2 is 1.89 bits per heavy atom. The molecule has 1 unspecified atom stereocenters. The van der Waals surface area contributed by atoms with Crippen LogP contribution in [0.3, 0.4) is 0 Å². The van der Waals surface area contributed by atoms with E-state index >= 15 is 0 Å². The Balaban J connectivity index is 1.45. The van der Waals surface area contributed by atoms with Gasteiger partial charge in [0.1, 0.15) is 6.04 Å². The minimum Gasteiger partial charge on any atom is -0.352 e. The third-order valence-corrected chi connectivity index (χ3v) is 5.62. The smallest absolute Gasteiger partial charge is 0.244 e. The first kappa shape index (κ1) is 19.8. The van der Waals surface area contributed by atoms with Crippen molar-refractivity contribution in [3.63, 3.8) is 0 Å². The van der Waals surface area contributed by atoms with Gasteiger partial charge in [-0.3, -0.25) is 19.2 Å². The van der Waals surface area contributed by atoms with Gasteiger partial charge in [-0.1, -0.05) is 19.3 Å². The molecule has 0 spiro atoms. The second-order valence-corrected chi connectivity index (χ2v) is 7.67. The second-order valence-electron chi connectivity index (χ2n) is 7.67. The molecular formula is C19H32N6O2. The lowest BCUT2D eigenvalue weighted by Gasteiger charge is -2.36. The molecule has 27 heavy (non-hydrogen) atoms. The molecular weight excluding hydrogens is 344 g/mol. The van der Waals surface area contributed by atoms with Gasteiger partial charge in [0, 0.05) is 51.0 Å². The Morgan fingerprint density at radius 3 is 2.48 bits per heavy atom. The average Bonchev–Trinajstić information content (AvgIpc) is 3.09. The molecule has 150 valence electrons. The zero-order chi connectivity index (χ0) is 19.2. The van der Waals surface area contributed by atoms with E-state index in [1.807, 2.05) is 18.1 Å². The summed E-state index contributed by atoms with van der Waals surface area (Å²) in [6.07, 6.45) is 9.52. The lowest BCUT2D eigenvalue weighted by atomic mass is 9.95. The fourth-order valence-electron chi connectivity index (χ4n) is 4.05. The SMILES string of the molecule is CNC(C(=O)N1CCN(CC(=O)NC2CCCCC2)CC1)c1cnn(C)c1. The highest BCUT2D eigenvalue weighted by molar-refractivity contribution is 5.83. The van der Waals surface area contributed by atoms with Gasteiger partial charge in [-0.05, 0) is 19.9 Å². The van der Waals surface area contributed by atoms with Crippen molar-refractivity contribution in [2.24, 2.45) is 7.05 Å². The van der Waals surface area contributed by atoms with Crippen LogP contribution in [0.5, 0.6) is 0 Å². The van der Waals surface area contributed by atoms with E-state index in [0.29, 0.717) is 25.7 Å². The van der Waals surface area contributed by atoms with E-state index in [-0.39, 0.29) is 17.9 Å². The molecule has 2 aliphatic rings. The van der Waals surface area contributed by atoms with Crippen molar-refractivity contribution in [1.29, 1.82) is 0 Å². The summed E-state index contributed by atoms with van der Waals surface area (Å²) in [6, 6.07) is -0.0233. The van der Waals surface area contributed by atoms with Crippen LogP contribution in [0.1, 0.15) is 43.7 Å². The zero-order valence-electron chi connectivity index (χ0n) is 16.5. The summed E-state index contributed by atoms with van der Waals surface area (Å²) in [5.74, 6) is 0.182. The normalized spacial score (nSPS) is 20.4. The second kappa shape index (κ2) is 9.32. The summed E-state index contributed by atoms with van der Waals surface area (Å²) < 4.78 is 1.70. The van der Waals surface area contributed by atoms with Crippen molar-refractivity contribution in [2.45, 2.75) is 44.2 Å². The van der Waals surface area contributed by atoms with E-state index in [1.165, 1.54) is 19.3 Å². The summed E-state index contributed by atoms with van der Waals surface area (Å²) in [4.78, 5) is 29.2. The maximum Gasteiger partial charge on any atom is 0.244 e. The number of hydrogen-bond donors (Lipinski definition) is 2. The van der Waals surface area contributed by atoms with Crippen molar-refractivity contribution < 1.29 is 9.59 Å². The lowest BCUT2D eigenvalue weighted by Crippen LogP contribution is -2.53. The number of hydrogen-bond acceptors (Lipinski definition) is 5. The van der Waals surface area contributed by atoms with Crippen LogP contribution in [0.4, 0.5) is 0 Å². The summed E-state index contributed by atoms with van der Waals surface area (Å²) >= 11 is 0. The fourth-order valence-corrected chi connectivity index (χ4v) is 4.05. The largest absolute Gasteiger partial charge is 0.352 e. The monoisotopic (exact) mass is 376 g/mol. The number of piperazine rings is 1. The molecule has 2 amide bonds. The predicted octanol–water partition coefficient (Wildman–Crippen LogP) is 0.274. The van der Waals surface area contributed by atoms with Crippen LogP contribution in [0.2, 0.25) is 0 Å². The molecule has 2 heterocycles. The minimum absolute atomic E-state index is 0.0665. The molecule has 8 nitrogen and oxygen atoms in total. The summed E-state index contributed by atoms with van der Waals surface area (Å²) in [7, 11) is 3.64. The molecule has 1 aliphatic heterocycles. The van der Waals surface area contributed by atoms with Crippen LogP contribution in [-0.2, 0) is 16.6 Å². The summed E-state index contributed by atoms with van der Waals surface area (Å²) in [5.41, 5.74) is 0.874. The fraction of sp³-hybridized carbons (Fsp3) is 0.737. The van der Waals surface area contributed by atoms with Crippen LogP contribution < -0.4 is 10.6 Å². The number of carbonyl (C=O) groups is 2. The van der Waals surface area contributed by atoms with Gasteiger partial charge in [-0.15, -0.1) is 0 Å². The number of aryl methyl sites for hydroxylation is 1. The highest BCUT2D eigenvalue weighted by Gasteiger charge is 2.29. The first-order valence-electron chi connectivity index (χ1n) is 10.0. The number of aromatic nitrogens is 2. The Hall–Kier alpha value is -1.93. The molecule has 1 saturated heterocycles. The third-order valence-electron chi connectivity index (χ3n) is 5.62. The van der Waals surface area contributed by atoms with Crippen LogP contribution in [0.25, 0.3) is 0 Å². The molecule has 0 radical (unpaired) electrons. The molecule has 3 rings (SSSR count). The first-order valence-corrected chi connectivity index (χ1v) is 10.0. The lowest BCUT2D eigenvalue weighted by molar-refractivity contribution is -0.135. The molecule has 1 atom stereocenters. The molecule has 2 fully saturated rings. The van der Waals surface area contributed by atoms with Crippen LogP contribution in [0.15, 0.2) is 12.4 Å². The van der Waals surface area contributed by atoms with Gasteiger partial charge < -0.3 is 15.5 Å². The summed E-state index contributed by atoms with van der Waals surface area (Å²) in [5, 5.41) is 10.4. The van der Waals surface area contributed by atoms with E-state index in [1.54, 1.807) is 17.9 Å². The number of carbonyl (C=O) groups excluding carboxylic acids is 2. The Bertz CT molecular complexity index is 632. The first-order chi connectivity index (χ1) is 13.1. The van der Waals surface area contributed by atoms with Gasteiger partial charge in [0.2, 0.25) is 11.8 Å². The van der Waals surface area contributed by atoms with E-state index in [0.717, 1.165) is 31.5 Å². The van der Waals surface area contributed by atoms with Gasteiger partial charge in [0.15, 0.2) is 0 Å². The predicted molar refractivity (Wildman–Crippen MR) is 103 cm³/mol. The molecule has 2 N–H and O–H groups in total. The Labute approximate surface area is 161 Å². The van der Waals surface area contributed by atoms with Gasteiger partial charge in [-0.25, -0.2) is 0 Å². The standard InChI is InChI=1S/C19H32N6O2/c1-20-18(15-12-21-23(2)13-15)19(27)25-10-8-24(9-11-25)14-17(26)22-16-6-4-3-5-7-16/h12-13,16,18,20H,3-11,14H2,1-2H3,(H,22,26). The van der Waals surface area contributed by atoms with Gasteiger partial charge in [0.25, 0.3) is 0 Å². The van der Waals surface area contributed by atoms with E-state index in [2.05, 4.69) is 20.6 Å². The number of rotatable bonds is 6. The van der Waals surface area contributed by atoms with Crippen molar-refractivity contribution in [3.05, 3.63) is 18.0 Å². The summed E-state index contributed by atoms with van der Waals surface area (Å²) in [6.45, 7) is 3.18. The molecule has 8 heteroatoms. The highest BCUT2D eigenvalue weighted by Crippen LogP contribution is 2.18. The number of nitrogens with one attached hydrogen (secondary N) is 2. The van der Waals surface area contributed by atoms with E-state index in [9.17, 15) is 9.59 Å². The van der Waals surface area contributed by atoms with Gasteiger partial charge >= 0.3 is 0 Å². The van der Waals surface area contributed by atoms with Crippen molar-refractivity contribution >= 4 is 11.8 Å². The quantitative estimate of drug-likeness (QED) is 0.745. The van der Waals surface area contributed by atoms with Crippen molar-refractivity contribution in [1.82, 2.24) is 30.2 Å². The highest BCUT2D eigenvalue weighted by atomic mass is 16.2. The Kier molecular flexibility index (Phi) is 6.84. The maximum absolute atomic E-state index is 12.9. The number of nitrogens with zero attached hydrogens (tertiary/aromatic N) is 4. The van der Waals surface area contributed by atoms with Crippen molar-refractivity contribution in [2.75, 3.05) is 39.8 Å². The zero-order valence-corrected chi connectivity index (χ0v) is 16.5. The molecule has 1 aromatic rings. The maximum atomic E-state index is 12.9. The average molecular weight is 377 g/mol. The third kappa shape index (κ3) is 5.29. The number of likely N-dealkylation sites (N-methyl/N-ethyl adjacent to an activating group) is 1. The minimum atomic E-state index is -0.375. The number of amides is 2. The molecule has 0 aromatic carbocycles. The van der Waals surface area contributed by atoms with Gasteiger partial charge in [0.05, 0.1) is 12.7 Å². The molecule has 1 aliphatic carbocycles.